The first-order chi connectivity index (χ1) is 12.5. The zero-order valence-corrected chi connectivity index (χ0v) is 15.4. The molecule has 0 saturated carbocycles. The molecule has 3 atom stereocenters. The summed E-state index contributed by atoms with van der Waals surface area (Å²) in [5.74, 6) is 0.613. The van der Waals surface area contributed by atoms with Crippen LogP contribution in [0.25, 0.3) is 0 Å². The number of hydrogen-bond donors (Lipinski definition) is 3. The van der Waals surface area contributed by atoms with E-state index in [0.29, 0.717) is 25.8 Å². The normalized spacial score (nSPS) is 22.5. The largest absolute Gasteiger partial charge is 0.497 e. The van der Waals surface area contributed by atoms with Gasteiger partial charge in [0, 0.05) is 13.0 Å². The van der Waals surface area contributed by atoms with Crippen LogP contribution >= 0.6 is 0 Å². The lowest BCUT2D eigenvalue weighted by Gasteiger charge is -2.36. The number of carbonyl (C=O) groups excluding carboxylic acids is 2. The third-order valence-corrected chi connectivity index (χ3v) is 4.52. The Morgan fingerprint density at radius 2 is 1.96 bits per heavy atom. The minimum Gasteiger partial charge on any atom is -0.497 e. The van der Waals surface area contributed by atoms with Crippen molar-refractivity contribution >= 4 is 11.8 Å². The molecule has 3 N–H and O–H groups in total. The van der Waals surface area contributed by atoms with Gasteiger partial charge in [-0.1, -0.05) is 19.1 Å². The molecule has 2 rings (SSSR count). The fourth-order valence-corrected chi connectivity index (χ4v) is 2.98. The third-order valence-electron chi connectivity index (χ3n) is 4.52. The summed E-state index contributed by atoms with van der Waals surface area (Å²) in [7, 11) is 1.61. The average molecular weight is 364 g/mol. The van der Waals surface area contributed by atoms with Gasteiger partial charge in [-0.25, -0.2) is 0 Å². The molecule has 1 heterocycles. The second kappa shape index (κ2) is 10.1. The van der Waals surface area contributed by atoms with Crippen molar-refractivity contribution in [3.8, 4) is 5.75 Å². The summed E-state index contributed by atoms with van der Waals surface area (Å²) in [5.41, 5.74) is 0.985. The first-order valence-electron chi connectivity index (χ1n) is 9.01. The van der Waals surface area contributed by atoms with E-state index < -0.39 is 6.10 Å². The maximum absolute atomic E-state index is 12.2. The van der Waals surface area contributed by atoms with Crippen LogP contribution in [-0.2, 0) is 20.9 Å². The first-order valence-corrected chi connectivity index (χ1v) is 9.01. The molecule has 1 aromatic carbocycles. The van der Waals surface area contributed by atoms with Crippen LogP contribution < -0.4 is 15.4 Å². The van der Waals surface area contributed by atoms with E-state index in [1.807, 2.05) is 24.3 Å². The van der Waals surface area contributed by atoms with Crippen molar-refractivity contribution in [2.45, 2.75) is 57.4 Å². The molecule has 7 nitrogen and oxygen atoms in total. The highest BCUT2D eigenvalue weighted by molar-refractivity contribution is 5.76. The molecule has 1 fully saturated rings. The Bertz CT molecular complexity index is 590. The highest BCUT2D eigenvalue weighted by Gasteiger charge is 2.32. The lowest BCUT2D eigenvalue weighted by molar-refractivity contribution is -0.135. The molecular weight excluding hydrogens is 336 g/mol. The molecule has 0 radical (unpaired) electrons. The molecule has 0 aliphatic carbocycles. The Kier molecular flexibility index (Phi) is 7.87. The van der Waals surface area contributed by atoms with E-state index in [-0.39, 0.29) is 37.0 Å². The van der Waals surface area contributed by atoms with Gasteiger partial charge in [0.25, 0.3) is 0 Å². The number of aliphatic hydroxyl groups is 1. The van der Waals surface area contributed by atoms with E-state index in [0.717, 1.165) is 11.3 Å². The third kappa shape index (κ3) is 6.00. The Morgan fingerprint density at radius 3 is 2.58 bits per heavy atom. The molecular formula is C19H28N2O5. The van der Waals surface area contributed by atoms with Gasteiger partial charge in [0.15, 0.2) is 0 Å². The van der Waals surface area contributed by atoms with Crippen LogP contribution in [0.4, 0.5) is 0 Å². The number of amides is 2. The summed E-state index contributed by atoms with van der Waals surface area (Å²) in [6, 6.07) is 7.30. The van der Waals surface area contributed by atoms with Crippen molar-refractivity contribution in [3.05, 3.63) is 29.8 Å². The molecule has 0 unspecified atom stereocenters. The maximum atomic E-state index is 12.2. The molecule has 0 aromatic heterocycles. The number of ether oxygens (including phenoxy) is 2. The first kappa shape index (κ1) is 20.2. The van der Waals surface area contributed by atoms with Crippen LogP contribution in [0.5, 0.6) is 5.75 Å². The molecule has 0 spiro atoms. The molecule has 1 saturated heterocycles. The minimum atomic E-state index is -0.473. The van der Waals surface area contributed by atoms with Gasteiger partial charge < -0.3 is 25.2 Å². The number of methoxy groups -OCH3 is 1. The van der Waals surface area contributed by atoms with Crippen LogP contribution in [0.15, 0.2) is 24.3 Å². The van der Waals surface area contributed by atoms with Crippen molar-refractivity contribution in [1.29, 1.82) is 0 Å². The van der Waals surface area contributed by atoms with Crippen molar-refractivity contribution in [2.24, 2.45) is 0 Å². The lowest BCUT2D eigenvalue weighted by Crippen LogP contribution is -2.51. The van der Waals surface area contributed by atoms with Crippen molar-refractivity contribution in [1.82, 2.24) is 10.6 Å². The SMILES string of the molecule is CCC(=O)N[C@@H]1CC[C@@H](CC(=O)NCc2ccc(OC)cc2)O[C@@H]1CO. The Labute approximate surface area is 154 Å². The van der Waals surface area contributed by atoms with Crippen LogP contribution in [0.2, 0.25) is 0 Å². The quantitative estimate of drug-likeness (QED) is 0.643. The molecule has 0 bridgehead atoms. The zero-order valence-electron chi connectivity index (χ0n) is 15.4. The van der Waals surface area contributed by atoms with E-state index in [2.05, 4.69) is 10.6 Å². The van der Waals surface area contributed by atoms with E-state index in [4.69, 9.17) is 9.47 Å². The number of carbonyl (C=O) groups is 2. The highest BCUT2D eigenvalue weighted by atomic mass is 16.5. The van der Waals surface area contributed by atoms with Crippen LogP contribution in [0.3, 0.4) is 0 Å². The van der Waals surface area contributed by atoms with Crippen molar-refractivity contribution in [3.63, 3.8) is 0 Å². The van der Waals surface area contributed by atoms with E-state index >= 15 is 0 Å². The fraction of sp³-hybridized carbons (Fsp3) is 0.579. The van der Waals surface area contributed by atoms with Crippen LogP contribution in [-0.4, -0.2) is 48.9 Å². The molecule has 1 aliphatic heterocycles. The van der Waals surface area contributed by atoms with E-state index in [1.165, 1.54) is 0 Å². The van der Waals surface area contributed by atoms with Crippen LogP contribution in [0, 0.1) is 0 Å². The second-order valence-corrected chi connectivity index (χ2v) is 6.41. The maximum Gasteiger partial charge on any atom is 0.222 e. The summed E-state index contributed by atoms with van der Waals surface area (Å²) in [5, 5.41) is 15.2. The van der Waals surface area contributed by atoms with Gasteiger partial charge >= 0.3 is 0 Å². The van der Waals surface area contributed by atoms with Crippen molar-refractivity contribution < 1.29 is 24.2 Å². The lowest BCUT2D eigenvalue weighted by atomic mass is 9.96. The van der Waals surface area contributed by atoms with Gasteiger partial charge in [-0.2, -0.15) is 0 Å². The molecule has 2 amide bonds. The van der Waals surface area contributed by atoms with E-state index in [1.54, 1.807) is 14.0 Å². The van der Waals surface area contributed by atoms with Gasteiger partial charge in [-0.05, 0) is 30.5 Å². The predicted molar refractivity (Wildman–Crippen MR) is 96.7 cm³/mol. The summed E-state index contributed by atoms with van der Waals surface area (Å²) in [4.78, 5) is 23.7. The Balaban J connectivity index is 1.77. The molecule has 1 aliphatic rings. The second-order valence-electron chi connectivity index (χ2n) is 6.41. The predicted octanol–water partition coefficient (Wildman–Crippen LogP) is 1.14. The Morgan fingerprint density at radius 1 is 1.23 bits per heavy atom. The topological polar surface area (TPSA) is 96.9 Å². The number of nitrogens with one attached hydrogen (secondary N) is 2. The summed E-state index contributed by atoms with van der Waals surface area (Å²) >= 11 is 0. The molecule has 7 heteroatoms. The minimum absolute atomic E-state index is 0.0623. The summed E-state index contributed by atoms with van der Waals surface area (Å²) in [6.45, 7) is 2.04. The van der Waals surface area contributed by atoms with Gasteiger partial charge in [0.05, 0.1) is 32.3 Å². The monoisotopic (exact) mass is 364 g/mol. The summed E-state index contributed by atoms with van der Waals surface area (Å²) < 4.78 is 10.9. The zero-order chi connectivity index (χ0) is 18.9. The number of benzene rings is 1. The van der Waals surface area contributed by atoms with E-state index in [9.17, 15) is 14.7 Å². The van der Waals surface area contributed by atoms with Gasteiger partial charge in [-0.15, -0.1) is 0 Å². The Hall–Kier alpha value is -2.12. The van der Waals surface area contributed by atoms with Crippen molar-refractivity contribution in [2.75, 3.05) is 13.7 Å². The number of aliphatic hydroxyl groups excluding tert-OH is 1. The van der Waals surface area contributed by atoms with Crippen LogP contribution in [0.1, 0.15) is 38.2 Å². The highest BCUT2D eigenvalue weighted by Crippen LogP contribution is 2.22. The fourth-order valence-electron chi connectivity index (χ4n) is 2.98. The average Bonchev–Trinajstić information content (AvgIpc) is 2.67. The van der Waals surface area contributed by atoms with Gasteiger partial charge in [0.1, 0.15) is 11.9 Å². The smallest absolute Gasteiger partial charge is 0.222 e. The molecule has 1 aromatic rings. The molecule has 26 heavy (non-hydrogen) atoms. The molecule has 144 valence electrons. The standard InChI is InChI=1S/C19H28N2O5/c1-3-18(23)21-16-9-8-15(26-17(16)12-22)10-19(24)20-11-13-4-6-14(25-2)7-5-13/h4-7,15-17,22H,3,8-12H2,1-2H3,(H,20,24)(H,21,23)/t15-,16+,17+/m0/s1. The number of hydrogen-bond acceptors (Lipinski definition) is 5. The van der Waals surface area contributed by atoms with Gasteiger partial charge in [0.2, 0.25) is 11.8 Å². The van der Waals surface area contributed by atoms with Gasteiger partial charge in [-0.3, -0.25) is 9.59 Å². The number of rotatable bonds is 8. The summed E-state index contributed by atoms with van der Waals surface area (Å²) in [6.07, 6.45) is 1.26.